The third-order valence-corrected chi connectivity index (χ3v) is 3.93. The molecule has 0 spiro atoms. The van der Waals surface area contributed by atoms with Crippen LogP contribution in [-0.4, -0.2) is 51.6 Å². The van der Waals surface area contributed by atoms with Gasteiger partial charge >= 0.3 is 11.9 Å². The molecule has 1 unspecified atom stereocenters. The molecule has 1 heterocycles. The van der Waals surface area contributed by atoms with Gasteiger partial charge in [0.1, 0.15) is 6.54 Å². The van der Waals surface area contributed by atoms with Crippen molar-refractivity contribution in [2.24, 2.45) is 0 Å². The van der Waals surface area contributed by atoms with Crippen molar-refractivity contribution in [2.75, 3.05) is 18.5 Å². The molecule has 0 saturated carbocycles. The number of amides is 2. The zero-order valence-corrected chi connectivity index (χ0v) is 13.0. The fraction of sp³-hybridized carbons (Fsp3) is 0.286. The molecule has 1 atom stereocenters. The molecular formula is C14H14N2O6S. The van der Waals surface area contributed by atoms with Crippen molar-refractivity contribution in [3.63, 3.8) is 0 Å². The van der Waals surface area contributed by atoms with E-state index in [1.165, 1.54) is 24.3 Å². The van der Waals surface area contributed by atoms with Crippen molar-refractivity contribution in [2.45, 2.75) is 12.3 Å². The van der Waals surface area contributed by atoms with Crippen LogP contribution in [0.5, 0.6) is 0 Å². The van der Waals surface area contributed by atoms with Gasteiger partial charge in [-0.05, 0) is 43.0 Å². The number of ether oxygens (including phenoxy) is 1. The van der Waals surface area contributed by atoms with Gasteiger partial charge in [0.15, 0.2) is 5.37 Å². The van der Waals surface area contributed by atoms with E-state index in [2.05, 4.69) is 5.32 Å². The highest BCUT2D eigenvalue weighted by molar-refractivity contribution is 8.15. The molecular weight excluding hydrogens is 324 g/mol. The van der Waals surface area contributed by atoms with E-state index < -0.39 is 35.0 Å². The van der Waals surface area contributed by atoms with E-state index in [0.717, 1.165) is 16.7 Å². The molecule has 1 fully saturated rings. The molecule has 2 rings (SSSR count). The summed E-state index contributed by atoms with van der Waals surface area (Å²) < 4.78 is 4.72. The highest BCUT2D eigenvalue weighted by Gasteiger charge is 2.40. The summed E-state index contributed by atoms with van der Waals surface area (Å²) in [5.41, 5.74) is 0.604. The molecule has 2 amide bonds. The summed E-state index contributed by atoms with van der Waals surface area (Å²) in [6.07, 6.45) is 0. The van der Waals surface area contributed by atoms with E-state index in [4.69, 9.17) is 9.84 Å². The number of carboxylic acid groups (broad SMARTS) is 1. The third-order valence-electron chi connectivity index (χ3n) is 2.95. The molecule has 8 nitrogen and oxygen atoms in total. The van der Waals surface area contributed by atoms with Gasteiger partial charge in [-0.15, -0.1) is 0 Å². The summed E-state index contributed by atoms with van der Waals surface area (Å²) in [6, 6.07) is 5.76. The number of esters is 1. The fourth-order valence-electron chi connectivity index (χ4n) is 1.88. The van der Waals surface area contributed by atoms with Crippen LogP contribution in [0, 0.1) is 0 Å². The topological polar surface area (TPSA) is 113 Å². The van der Waals surface area contributed by atoms with Gasteiger partial charge < -0.3 is 15.2 Å². The summed E-state index contributed by atoms with van der Waals surface area (Å²) in [5, 5.41) is 10.2. The summed E-state index contributed by atoms with van der Waals surface area (Å²) in [4.78, 5) is 47.0. The highest BCUT2D eigenvalue weighted by atomic mass is 32.2. The predicted octanol–water partition coefficient (Wildman–Crippen LogP) is 1.38. The molecule has 9 heteroatoms. The maximum Gasteiger partial charge on any atom is 0.335 e. The molecule has 1 aromatic carbocycles. The second-order valence-corrected chi connectivity index (χ2v) is 5.58. The maximum atomic E-state index is 12.2. The zero-order valence-electron chi connectivity index (χ0n) is 12.1. The van der Waals surface area contributed by atoms with Gasteiger partial charge in [0.25, 0.3) is 11.1 Å². The van der Waals surface area contributed by atoms with Crippen molar-refractivity contribution in [3.05, 3.63) is 29.8 Å². The van der Waals surface area contributed by atoms with Crippen LogP contribution >= 0.6 is 11.8 Å². The second kappa shape index (κ2) is 7.14. The summed E-state index contributed by atoms with van der Waals surface area (Å²) in [5.74, 6) is -2.25. The Labute approximate surface area is 135 Å². The average molecular weight is 338 g/mol. The minimum atomic E-state index is -1.06. The minimum Gasteiger partial charge on any atom is -0.478 e. The molecule has 2 N–H and O–H groups in total. The zero-order chi connectivity index (χ0) is 17.0. The molecule has 122 valence electrons. The Balaban J connectivity index is 2.01. The van der Waals surface area contributed by atoms with Crippen LogP contribution in [0.15, 0.2) is 24.3 Å². The normalized spacial score (nSPS) is 17.3. The van der Waals surface area contributed by atoms with Crippen LogP contribution in [0.4, 0.5) is 10.5 Å². The van der Waals surface area contributed by atoms with Crippen LogP contribution in [0.1, 0.15) is 17.3 Å². The number of benzene rings is 1. The molecule has 0 aromatic heterocycles. The molecule has 23 heavy (non-hydrogen) atoms. The van der Waals surface area contributed by atoms with Crippen molar-refractivity contribution in [3.8, 4) is 0 Å². The summed E-state index contributed by atoms with van der Waals surface area (Å²) in [6.45, 7) is 1.37. The number of carbonyl (C=O) groups excluding carboxylic acids is 3. The van der Waals surface area contributed by atoms with Gasteiger partial charge in [-0.1, -0.05) is 0 Å². The molecule has 0 aliphatic carbocycles. The van der Waals surface area contributed by atoms with Gasteiger partial charge in [-0.3, -0.25) is 19.3 Å². The Morgan fingerprint density at radius 3 is 2.52 bits per heavy atom. The van der Waals surface area contributed by atoms with E-state index >= 15 is 0 Å². The second-order valence-electron chi connectivity index (χ2n) is 4.52. The SMILES string of the molecule is CCOC(=O)CN1C(=O)SC(Nc2ccc(C(=O)O)cc2)C1=O. The maximum absolute atomic E-state index is 12.2. The number of rotatable bonds is 6. The molecule has 1 saturated heterocycles. The first-order valence-electron chi connectivity index (χ1n) is 6.70. The molecule has 0 radical (unpaired) electrons. The predicted molar refractivity (Wildman–Crippen MR) is 82.1 cm³/mol. The molecule has 0 bridgehead atoms. The smallest absolute Gasteiger partial charge is 0.335 e. The number of anilines is 1. The molecule has 1 aliphatic heterocycles. The van der Waals surface area contributed by atoms with Crippen LogP contribution in [0.25, 0.3) is 0 Å². The van der Waals surface area contributed by atoms with E-state index in [0.29, 0.717) is 5.69 Å². The number of carboxylic acids is 1. The van der Waals surface area contributed by atoms with E-state index in [9.17, 15) is 19.2 Å². The van der Waals surface area contributed by atoms with Crippen molar-refractivity contribution >= 4 is 40.5 Å². The Morgan fingerprint density at radius 2 is 1.96 bits per heavy atom. The standard InChI is InChI=1S/C14H14N2O6S/c1-2-22-10(17)7-16-12(18)11(23-14(16)21)15-9-5-3-8(4-6-9)13(19)20/h3-6,11,15H,2,7H2,1H3,(H,19,20). The third kappa shape index (κ3) is 4.01. The van der Waals surface area contributed by atoms with E-state index in [1.54, 1.807) is 6.92 Å². The summed E-state index contributed by atoms with van der Waals surface area (Å²) >= 11 is 0.749. The van der Waals surface area contributed by atoms with E-state index in [1.807, 2.05) is 0 Å². The number of nitrogens with zero attached hydrogens (tertiary/aromatic N) is 1. The van der Waals surface area contributed by atoms with Crippen LogP contribution in [0.2, 0.25) is 0 Å². The van der Waals surface area contributed by atoms with Crippen LogP contribution in [0.3, 0.4) is 0 Å². The Hall–Kier alpha value is -2.55. The van der Waals surface area contributed by atoms with Crippen LogP contribution < -0.4 is 5.32 Å². The number of thioether (sulfide) groups is 1. The monoisotopic (exact) mass is 338 g/mol. The Kier molecular flexibility index (Phi) is 5.22. The lowest BCUT2D eigenvalue weighted by Gasteiger charge is -2.14. The first kappa shape index (κ1) is 16.8. The number of hydrogen-bond acceptors (Lipinski definition) is 7. The average Bonchev–Trinajstić information content (AvgIpc) is 2.76. The first-order chi connectivity index (χ1) is 10.9. The largest absolute Gasteiger partial charge is 0.478 e. The van der Waals surface area contributed by atoms with Gasteiger partial charge in [0.05, 0.1) is 12.2 Å². The van der Waals surface area contributed by atoms with Gasteiger partial charge in [0, 0.05) is 5.69 Å². The lowest BCUT2D eigenvalue weighted by molar-refractivity contribution is -0.146. The number of carbonyl (C=O) groups is 4. The van der Waals surface area contributed by atoms with Crippen LogP contribution in [-0.2, 0) is 14.3 Å². The van der Waals surface area contributed by atoms with Gasteiger partial charge in [0.2, 0.25) is 0 Å². The Morgan fingerprint density at radius 1 is 1.30 bits per heavy atom. The lowest BCUT2D eigenvalue weighted by Crippen LogP contribution is -2.38. The quantitative estimate of drug-likeness (QED) is 0.748. The molecule has 1 aliphatic rings. The van der Waals surface area contributed by atoms with Gasteiger partial charge in [-0.2, -0.15) is 0 Å². The van der Waals surface area contributed by atoms with Crippen molar-refractivity contribution in [1.29, 1.82) is 0 Å². The number of nitrogens with one attached hydrogen (secondary N) is 1. The Bertz CT molecular complexity index is 645. The van der Waals surface area contributed by atoms with Crippen molar-refractivity contribution < 1.29 is 29.0 Å². The van der Waals surface area contributed by atoms with E-state index in [-0.39, 0.29) is 12.2 Å². The van der Waals surface area contributed by atoms with Gasteiger partial charge in [-0.25, -0.2) is 4.79 Å². The number of aromatic carboxylic acids is 1. The minimum absolute atomic E-state index is 0.112. The molecule has 1 aromatic rings. The number of hydrogen-bond donors (Lipinski definition) is 2. The first-order valence-corrected chi connectivity index (χ1v) is 7.58. The van der Waals surface area contributed by atoms with Crippen molar-refractivity contribution in [1.82, 2.24) is 4.90 Å². The number of imide groups is 1. The fourth-order valence-corrected chi connectivity index (χ4v) is 2.78. The lowest BCUT2D eigenvalue weighted by atomic mass is 10.2. The summed E-state index contributed by atoms with van der Waals surface area (Å²) in [7, 11) is 0. The highest BCUT2D eigenvalue weighted by Crippen LogP contribution is 2.28.